The summed E-state index contributed by atoms with van der Waals surface area (Å²) in [5.41, 5.74) is -1.02. The zero-order chi connectivity index (χ0) is 13.2. The van der Waals surface area contributed by atoms with Gasteiger partial charge >= 0.3 is 0 Å². The van der Waals surface area contributed by atoms with Crippen molar-refractivity contribution in [1.29, 1.82) is 0 Å². The van der Waals surface area contributed by atoms with Crippen molar-refractivity contribution in [2.45, 2.75) is 32.0 Å². The van der Waals surface area contributed by atoms with E-state index >= 15 is 0 Å². The SMILES string of the molecule is CC1CCOC1C(=O)NCC(C)(O)c1cccs1. The summed E-state index contributed by atoms with van der Waals surface area (Å²) < 4.78 is 5.39. The van der Waals surface area contributed by atoms with E-state index in [9.17, 15) is 9.90 Å². The zero-order valence-electron chi connectivity index (χ0n) is 10.7. The van der Waals surface area contributed by atoms with Crippen molar-refractivity contribution in [3.63, 3.8) is 0 Å². The molecule has 4 nitrogen and oxygen atoms in total. The van der Waals surface area contributed by atoms with Gasteiger partial charge in [-0.25, -0.2) is 0 Å². The van der Waals surface area contributed by atoms with E-state index in [2.05, 4.69) is 5.32 Å². The average Bonchev–Trinajstić information content (AvgIpc) is 2.96. The van der Waals surface area contributed by atoms with Gasteiger partial charge in [-0.3, -0.25) is 4.79 Å². The summed E-state index contributed by atoms with van der Waals surface area (Å²) in [6, 6.07) is 3.75. The molecule has 0 saturated carbocycles. The molecular formula is C13H19NO3S. The molecule has 0 spiro atoms. The molecule has 18 heavy (non-hydrogen) atoms. The molecule has 1 saturated heterocycles. The smallest absolute Gasteiger partial charge is 0.249 e. The number of rotatable bonds is 4. The van der Waals surface area contributed by atoms with Crippen LogP contribution in [0.15, 0.2) is 17.5 Å². The van der Waals surface area contributed by atoms with Crippen molar-refractivity contribution >= 4 is 17.2 Å². The summed E-state index contributed by atoms with van der Waals surface area (Å²) in [6.45, 7) is 4.56. The largest absolute Gasteiger partial charge is 0.383 e. The normalized spacial score (nSPS) is 26.8. The quantitative estimate of drug-likeness (QED) is 0.871. The van der Waals surface area contributed by atoms with Crippen molar-refractivity contribution in [3.8, 4) is 0 Å². The maximum atomic E-state index is 11.9. The third kappa shape index (κ3) is 2.91. The van der Waals surface area contributed by atoms with Crippen molar-refractivity contribution in [2.75, 3.05) is 13.2 Å². The Morgan fingerprint density at radius 1 is 1.72 bits per heavy atom. The highest BCUT2D eigenvalue weighted by atomic mass is 32.1. The Balaban J connectivity index is 1.89. The van der Waals surface area contributed by atoms with Gasteiger partial charge < -0.3 is 15.2 Å². The van der Waals surface area contributed by atoms with Crippen LogP contribution in [-0.4, -0.2) is 30.3 Å². The van der Waals surface area contributed by atoms with Gasteiger partial charge in [0.25, 0.3) is 0 Å². The number of nitrogens with one attached hydrogen (secondary N) is 1. The minimum absolute atomic E-state index is 0.128. The second kappa shape index (κ2) is 5.38. The van der Waals surface area contributed by atoms with Gasteiger partial charge in [0.1, 0.15) is 11.7 Å². The lowest BCUT2D eigenvalue weighted by molar-refractivity contribution is -0.132. The molecular weight excluding hydrogens is 250 g/mol. The molecule has 0 aliphatic carbocycles. The van der Waals surface area contributed by atoms with Crippen LogP contribution in [0.25, 0.3) is 0 Å². The molecule has 2 heterocycles. The number of hydrogen-bond donors (Lipinski definition) is 2. The molecule has 1 fully saturated rings. The molecule has 2 N–H and O–H groups in total. The Morgan fingerprint density at radius 2 is 2.50 bits per heavy atom. The summed E-state index contributed by atoms with van der Waals surface area (Å²) in [5, 5.41) is 15.0. The molecule has 3 atom stereocenters. The molecule has 1 aliphatic heterocycles. The van der Waals surface area contributed by atoms with Crippen LogP contribution >= 0.6 is 11.3 Å². The van der Waals surface area contributed by atoms with Crippen molar-refractivity contribution in [2.24, 2.45) is 5.92 Å². The molecule has 1 amide bonds. The highest BCUT2D eigenvalue weighted by Gasteiger charge is 2.32. The molecule has 1 aromatic heterocycles. The average molecular weight is 269 g/mol. The molecule has 100 valence electrons. The minimum atomic E-state index is -1.02. The van der Waals surface area contributed by atoms with Gasteiger partial charge in [-0.2, -0.15) is 0 Å². The van der Waals surface area contributed by atoms with Crippen LogP contribution in [0.2, 0.25) is 0 Å². The number of hydrogen-bond acceptors (Lipinski definition) is 4. The van der Waals surface area contributed by atoms with Gasteiger partial charge in [0.15, 0.2) is 0 Å². The molecule has 0 bridgehead atoms. The molecule has 1 aromatic rings. The van der Waals surface area contributed by atoms with Gasteiger partial charge in [-0.05, 0) is 30.7 Å². The van der Waals surface area contributed by atoms with E-state index in [-0.39, 0.29) is 24.5 Å². The van der Waals surface area contributed by atoms with Crippen molar-refractivity contribution < 1.29 is 14.6 Å². The summed E-state index contributed by atoms with van der Waals surface area (Å²) in [7, 11) is 0. The summed E-state index contributed by atoms with van der Waals surface area (Å²) >= 11 is 1.48. The van der Waals surface area contributed by atoms with E-state index in [0.29, 0.717) is 6.61 Å². The van der Waals surface area contributed by atoms with E-state index in [1.165, 1.54) is 11.3 Å². The third-order valence-electron chi connectivity index (χ3n) is 3.30. The number of thiophene rings is 1. The Hall–Kier alpha value is -0.910. The fraction of sp³-hybridized carbons (Fsp3) is 0.615. The monoisotopic (exact) mass is 269 g/mol. The second-order valence-corrected chi connectivity index (χ2v) is 5.97. The van der Waals surface area contributed by atoms with E-state index in [1.54, 1.807) is 6.92 Å². The van der Waals surface area contributed by atoms with Crippen molar-refractivity contribution in [3.05, 3.63) is 22.4 Å². The molecule has 1 aliphatic rings. The van der Waals surface area contributed by atoms with Crippen LogP contribution in [0.1, 0.15) is 25.1 Å². The topological polar surface area (TPSA) is 58.6 Å². The van der Waals surface area contributed by atoms with E-state index < -0.39 is 5.60 Å². The van der Waals surface area contributed by atoms with Crippen LogP contribution < -0.4 is 5.32 Å². The molecule has 5 heteroatoms. The summed E-state index contributed by atoms with van der Waals surface area (Å²) in [5.74, 6) is 0.119. The maximum absolute atomic E-state index is 11.9. The van der Waals surface area contributed by atoms with Crippen LogP contribution in [0.3, 0.4) is 0 Å². The predicted molar refractivity (Wildman–Crippen MR) is 70.4 cm³/mol. The van der Waals surface area contributed by atoms with E-state index in [1.807, 2.05) is 24.4 Å². The Morgan fingerprint density at radius 3 is 3.06 bits per heavy atom. The lowest BCUT2D eigenvalue weighted by atomic mass is 10.0. The lowest BCUT2D eigenvalue weighted by Gasteiger charge is -2.24. The lowest BCUT2D eigenvalue weighted by Crippen LogP contribution is -2.44. The van der Waals surface area contributed by atoms with Gasteiger partial charge in [0.2, 0.25) is 5.91 Å². The zero-order valence-corrected chi connectivity index (χ0v) is 11.5. The summed E-state index contributed by atoms with van der Waals surface area (Å²) in [4.78, 5) is 12.8. The number of aliphatic hydroxyl groups is 1. The number of carbonyl (C=O) groups excluding carboxylic acids is 1. The molecule has 2 rings (SSSR count). The van der Waals surface area contributed by atoms with Crippen LogP contribution in [-0.2, 0) is 15.1 Å². The van der Waals surface area contributed by atoms with Gasteiger partial charge in [-0.1, -0.05) is 13.0 Å². The molecule has 0 radical (unpaired) electrons. The second-order valence-electron chi connectivity index (χ2n) is 5.03. The first-order chi connectivity index (χ1) is 8.50. The van der Waals surface area contributed by atoms with Gasteiger partial charge in [0.05, 0.1) is 6.54 Å². The fourth-order valence-corrected chi connectivity index (χ4v) is 2.85. The molecule has 3 unspecified atom stereocenters. The first-order valence-corrected chi connectivity index (χ1v) is 7.04. The summed E-state index contributed by atoms with van der Waals surface area (Å²) in [6.07, 6.45) is 0.545. The Kier molecular flexibility index (Phi) is 4.04. The highest BCUT2D eigenvalue weighted by molar-refractivity contribution is 7.10. The number of amides is 1. The Bertz CT molecular complexity index is 402. The first-order valence-electron chi connectivity index (χ1n) is 6.16. The van der Waals surface area contributed by atoms with Crippen molar-refractivity contribution in [1.82, 2.24) is 5.32 Å². The fourth-order valence-electron chi connectivity index (χ4n) is 2.06. The molecule has 0 aromatic carbocycles. The maximum Gasteiger partial charge on any atom is 0.249 e. The Labute approximate surface area is 111 Å². The van der Waals surface area contributed by atoms with E-state index in [4.69, 9.17) is 4.74 Å². The third-order valence-corrected chi connectivity index (χ3v) is 4.43. The van der Waals surface area contributed by atoms with Crippen LogP contribution in [0, 0.1) is 5.92 Å². The van der Waals surface area contributed by atoms with E-state index in [0.717, 1.165) is 11.3 Å². The predicted octanol–water partition coefficient (Wildman–Crippen LogP) is 1.50. The van der Waals surface area contributed by atoms with Crippen LogP contribution in [0.5, 0.6) is 0 Å². The first kappa shape index (κ1) is 13.5. The van der Waals surface area contributed by atoms with Gasteiger partial charge in [0, 0.05) is 11.5 Å². The standard InChI is InChI=1S/C13H19NO3S/c1-9-5-6-17-11(9)12(15)14-8-13(2,16)10-4-3-7-18-10/h3-4,7,9,11,16H,5-6,8H2,1-2H3,(H,14,15). The number of ether oxygens (including phenoxy) is 1. The minimum Gasteiger partial charge on any atom is -0.383 e. The number of carbonyl (C=O) groups is 1. The van der Waals surface area contributed by atoms with Gasteiger partial charge in [-0.15, -0.1) is 11.3 Å². The highest BCUT2D eigenvalue weighted by Crippen LogP contribution is 2.25. The van der Waals surface area contributed by atoms with Crippen LogP contribution in [0.4, 0.5) is 0 Å².